The molecule has 0 amide bonds. The Morgan fingerprint density at radius 1 is 1.55 bits per heavy atom. The van der Waals surface area contributed by atoms with Gasteiger partial charge in [0, 0.05) is 0 Å². The fraction of sp³-hybridized carbons (Fsp3) is 0.714. The molecule has 0 aromatic carbocycles. The number of nitrogens with two attached hydrogens (primary N) is 1. The predicted octanol–water partition coefficient (Wildman–Crippen LogP) is 0.449. The fourth-order valence-electron chi connectivity index (χ4n) is 1.05. The van der Waals surface area contributed by atoms with E-state index in [1.54, 1.807) is 0 Å². The molecule has 62 valence electrons. The van der Waals surface area contributed by atoms with E-state index in [9.17, 15) is 0 Å². The van der Waals surface area contributed by atoms with Crippen molar-refractivity contribution in [2.45, 2.75) is 32.9 Å². The highest BCUT2D eigenvalue weighted by Crippen LogP contribution is 2.05. The molecule has 1 aliphatic heterocycles. The third-order valence-electron chi connectivity index (χ3n) is 1.49. The molecule has 0 saturated heterocycles. The Morgan fingerprint density at radius 2 is 2.27 bits per heavy atom. The number of guanidine groups is 1. The monoisotopic (exact) mass is 154 g/mol. The van der Waals surface area contributed by atoms with Crippen molar-refractivity contribution in [3.8, 4) is 0 Å². The zero-order valence-corrected chi connectivity index (χ0v) is 6.96. The minimum Gasteiger partial charge on any atom is -0.370 e. The maximum Gasteiger partial charge on any atom is 0.196 e. The van der Waals surface area contributed by atoms with E-state index in [0.29, 0.717) is 5.96 Å². The van der Waals surface area contributed by atoms with Gasteiger partial charge in [-0.15, -0.1) is 0 Å². The molecule has 1 aliphatic rings. The largest absolute Gasteiger partial charge is 0.370 e. The van der Waals surface area contributed by atoms with Crippen molar-refractivity contribution in [2.75, 3.05) is 0 Å². The first kappa shape index (κ1) is 8.04. The predicted molar refractivity (Wildman–Crippen MR) is 46.6 cm³/mol. The summed E-state index contributed by atoms with van der Waals surface area (Å²) < 4.78 is 0. The molecule has 0 radical (unpaired) electrons. The summed E-state index contributed by atoms with van der Waals surface area (Å²) in [6, 6.07) is 0. The summed E-state index contributed by atoms with van der Waals surface area (Å²) in [7, 11) is 0. The Hall–Kier alpha value is -1.06. The first-order chi connectivity index (χ1) is 5.22. The highest BCUT2D eigenvalue weighted by Gasteiger charge is 2.09. The molecule has 1 atom stereocenters. The average Bonchev–Trinajstić information content (AvgIpc) is 1.85. The van der Waals surface area contributed by atoms with Crippen molar-refractivity contribution < 1.29 is 0 Å². The zero-order valence-electron chi connectivity index (χ0n) is 6.96. The highest BCUT2D eigenvalue weighted by atomic mass is 15.2. The van der Waals surface area contributed by atoms with E-state index in [4.69, 9.17) is 5.73 Å². The molecule has 1 heterocycles. The van der Waals surface area contributed by atoms with Gasteiger partial charge in [-0.2, -0.15) is 0 Å². The molecular formula is C7H14N4. The van der Waals surface area contributed by atoms with Crippen LogP contribution in [-0.2, 0) is 0 Å². The SMILES string of the molecule is CCCC1N=C(C)NC(N)=N1. The van der Waals surface area contributed by atoms with Gasteiger partial charge in [0.1, 0.15) is 12.0 Å². The number of hydrogen-bond acceptors (Lipinski definition) is 4. The topological polar surface area (TPSA) is 62.8 Å². The molecule has 11 heavy (non-hydrogen) atoms. The van der Waals surface area contributed by atoms with Gasteiger partial charge in [0.15, 0.2) is 5.96 Å². The molecule has 0 spiro atoms. The van der Waals surface area contributed by atoms with Gasteiger partial charge < -0.3 is 11.1 Å². The van der Waals surface area contributed by atoms with Gasteiger partial charge in [-0.05, 0) is 13.3 Å². The summed E-state index contributed by atoms with van der Waals surface area (Å²) in [6.45, 7) is 4.00. The quantitative estimate of drug-likeness (QED) is 0.606. The van der Waals surface area contributed by atoms with E-state index in [2.05, 4.69) is 22.2 Å². The lowest BCUT2D eigenvalue weighted by Gasteiger charge is -2.15. The van der Waals surface area contributed by atoms with Crippen LogP contribution in [0.3, 0.4) is 0 Å². The second-order valence-electron chi connectivity index (χ2n) is 2.62. The third-order valence-corrected chi connectivity index (χ3v) is 1.49. The fourth-order valence-corrected chi connectivity index (χ4v) is 1.05. The number of aliphatic imine (C=N–C) groups is 2. The molecule has 0 fully saturated rings. The first-order valence-corrected chi connectivity index (χ1v) is 3.87. The van der Waals surface area contributed by atoms with Crippen molar-refractivity contribution in [3.05, 3.63) is 0 Å². The number of hydrogen-bond donors (Lipinski definition) is 2. The van der Waals surface area contributed by atoms with Gasteiger partial charge in [0.25, 0.3) is 0 Å². The van der Waals surface area contributed by atoms with Crippen molar-refractivity contribution in [2.24, 2.45) is 15.7 Å². The van der Waals surface area contributed by atoms with Crippen molar-refractivity contribution >= 4 is 11.8 Å². The van der Waals surface area contributed by atoms with E-state index in [1.807, 2.05) is 6.92 Å². The van der Waals surface area contributed by atoms with Gasteiger partial charge in [-0.1, -0.05) is 13.3 Å². The number of amidine groups is 1. The molecule has 0 aromatic heterocycles. The molecule has 4 nitrogen and oxygen atoms in total. The second-order valence-corrected chi connectivity index (χ2v) is 2.62. The van der Waals surface area contributed by atoms with Crippen LogP contribution < -0.4 is 11.1 Å². The third kappa shape index (κ3) is 2.22. The van der Waals surface area contributed by atoms with Crippen LogP contribution in [0.4, 0.5) is 0 Å². The molecular weight excluding hydrogens is 140 g/mol. The number of rotatable bonds is 2. The molecule has 4 heteroatoms. The zero-order chi connectivity index (χ0) is 8.27. The van der Waals surface area contributed by atoms with Crippen LogP contribution in [0.1, 0.15) is 26.7 Å². The van der Waals surface area contributed by atoms with Gasteiger partial charge in [-0.3, -0.25) is 0 Å². The Labute approximate surface area is 66.6 Å². The standard InChI is InChI=1S/C7H14N4/c1-3-4-6-9-5(2)10-7(8)11-6/h6H,3-4H2,1-2H3,(H3,8,9,10,11). The lowest BCUT2D eigenvalue weighted by molar-refractivity contribution is 0.619. The van der Waals surface area contributed by atoms with Crippen molar-refractivity contribution in [1.29, 1.82) is 0 Å². The van der Waals surface area contributed by atoms with Crippen LogP contribution in [-0.4, -0.2) is 18.0 Å². The molecule has 0 aliphatic carbocycles. The maximum atomic E-state index is 5.50. The number of nitrogens with zero attached hydrogens (tertiary/aromatic N) is 2. The van der Waals surface area contributed by atoms with E-state index < -0.39 is 0 Å². The normalized spacial score (nSPS) is 23.6. The Morgan fingerprint density at radius 3 is 2.82 bits per heavy atom. The van der Waals surface area contributed by atoms with Crippen LogP contribution in [0.5, 0.6) is 0 Å². The summed E-state index contributed by atoms with van der Waals surface area (Å²) in [5.41, 5.74) is 5.50. The van der Waals surface area contributed by atoms with Gasteiger partial charge in [-0.25, -0.2) is 9.98 Å². The highest BCUT2D eigenvalue weighted by molar-refractivity contribution is 5.99. The summed E-state index contributed by atoms with van der Waals surface area (Å²) >= 11 is 0. The minimum absolute atomic E-state index is 0.0428. The maximum absolute atomic E-state index is 5.50. The second kappa shape index (κ2) is 3.37. The van der Waals surface area contributed by atoms with E-state index >= 15 is 0 Å². The Kier molecular flexibility index (Phi) is 2.46. The van der Waals surface area contributed by atoms with Crippen LogP contribution in [0.25, 0.3) is 0 Å². The van der Waals surface area contributed by atoms with Crippen LogP contribution in [0.2, 0.25) is 0 Å². The number of nitrogens with one attached hydrogen (secondary N) is 1. The summed E-state index contributed by atoms with van der Waals surface area (Å²) in [6.07, 6.45) is 2.10. The summed E-state index contributed by atoms with van der Waals surface area (Å²) in [4.78, 5) is 8.38. The van der Waals surface area contributed by atoms with E-state index in [1.165, 1.54) is 0 Å². The molecule has 0 bridgehead atoms. The van der Waals surface area contributed by atoms with Crippen LogP contribution in [0.15, 0.2) is 9.98 Å². The average molecular weight is 154 g/mol. The van der Waals surface area contributed by atoms with Gasteiger partial charge >= 0.3 is 0 Å². The lowest BCUT2D eigenvalue weighted by Crippen LogP contribution is -2.40. The van der Waals surface area contributed by atoms with Gasteiger partial charge in [0.05, 0.1) is 0 Å². The molecule has 1 rings (SSSR count). The Balaban J connectivity index is 2.58. The molecule has 0 aromatic rings. The summed E-state index contributed by atoms with van der Waals surface area (Å²) in [5.74, 6) is 1.34. The lowest BCUT2D eigenvalue weighted by atomic mass is 10.3. The smallest absolute Gasteiger partial charge is 0.196 e. The van der Waals surface area contributed by atoms with Crippen LogP contribution >= 0.6 is 0 Å². The van der Waals surface area contributed by atoms with Crippen molar-refractivity contribution in [1.82, 2.24) is 5.32 Å². The van der Waals surface area contributed by atoms with E-state index in [-0.39, 0.29) is 6.17 Å². The Bertz CT molecular complexity index is 177. The molecule has 3 N–H and O–H groups in total. The summed E-state index contributed by atoms with van der Waals surface area (Å²) in [5, 5.41) is 2.85. The van der Waals surface area contributed by atoms with Crippen LogP contribution in [0, 0.1) is 0 Å². The van der Waals surface area contributed by atoms with Gasteiger partial charge in [0.2, 0.25) is 0 Å². The molecule has 1 unspecified atom stereocenters. The van der Waals surface area contributed by atoms with E-state index in [0.717, 1.165) is 18.7 Å². The first-order valence-electron chi connectivity index (χ1n) is 3.87. The molecule has 0 saturated carbocycles. The minimum atomic E-state index is 0.0428. The van der Waals surface area contributed by atoms with Crippen molar-refractivity contribution in [3.63, 3.8) is 0 Å².